The molecular weight excluding hydrogens is 468 g/mol. The molecule has 0 radical (unpaired) electrons. The number of ether oxygens (including phenoxy) is 1. The van der Waals surface area contributed by atoms with Crippen LogP contribution in [-0.4, -0.2) is 32.2 Å². The van der Waals surface area contributed by atoms with E-state index in [1.165, 1.54) is 0 Å². The SMILES string of the molecule is CC(CC(C)(C)I)C(=O)NC(C)(C)CC(C)(P)C(C)(C)OCCC(C)(C)C. The Bertz CT molecular complexity index is 488. The van der Waals surface area contributed by atoms with E-state index in [4.69, 9.17) is 4.74 Å². The van der Waals surface area contributed by atoms with Gasteiger partial charge in [0.1, 0.15) is 0 Å². The van der Waals surface area contributed by atoms with Crippen molar-refractivity contribution in [2.45, 2.75) is 115 Å². The Morgan fingerprint density at radius 1 is 1.04 bits per heavy atom. The van der Waals surface area contributed by atoms with Gasteiger partial charge in [-0.15, -0.1) is 9.24 Å². The second-order valence-corrected chi connectivity index (χ2v) is 15.7. The van der Waals surface area contributed by atoms with Gasteiger partial charge < -0.3 is 10.1 Å². The van der Waals surface area contributed by atoms with E-state index in [1.807, 2.05) is 6.92 Å². The topological polar surface area (TPSA) is 38.3 Å². The molecule has 0 saturated carbocycles. The van der Waals surface area contributed by atoms with Gasteiger partial charge in [-0.25, -0.2) is 0 Å². The summed E-state index contributed by atoms with van der Waals surface area (Å²) in [7, 11) is 2.99. The maximum absolute atomic E-state index is 12.7. The number of halogens is 1. The van der Waals surface area contributed by atoms with Crippen LogP contribution in [-0.2, 0) is 9.53 Å². The number of rotatable bonds is 10. The van der Waals surface area contributed by atoms with E-state index in [-0.39, 0.29) is 37.0 Å². The van der Waals surface area contributed by atoms with Crippen molar-refractivity contribution in [1.29, 1.82) is 0 Å². The fraction of sp³-hybridized carbons (Fsp3) is 0.955. The van der Waals surface area contributed by atoms with Gasteiger partial charge in [-0.3, -0.25) is 4.79 Å². The van der Waals surface area contributed by atoms with Crippen molar-refractivity contribution < 1.29 is 9.53 Å². The number of alkyl halides is 1. The van der Waals surface area contributed by atoms with Crippen LogP contribution in [0.15, 0.2) is 0 Å². The summed E-state index contributed by atoms with van der Waals surface area (Å²) in [5.41, 5.74) is -0.341. The lowest BCUT2D eigenvalue weighted by Crippen LogP contribution is -2.55. The van der Waals surface area contributed by atoms with Gasteiger partial charge in [0.15, 0.2) is 0 Å². The lowest BCUT2D eigenvalue weighted by Gasteiger charge is -2.46. The first-order valence-electron chi connectivity index (χ1n) is 10.1. The molecule has 0 spiro atoms. The van der Waals surface area contributed by atoms with E-state index in [0.29, 0.717) is 0 Å². The summed E-state index contributed by atoms with van der Waals surface area (Å²) in [6.45, 7) is 24.5. The summed E-state index contributed by atoms with van der Waals surface area (Å²) in [4.78, 5) is 12.7. The molecule has 3 nitrogen and oxygen atoms in total. The Morgan fingerprint density at radius 3 is 1.93 bits per heavy atom. The summed E-state index contributed by atoms with van der Waals surface area (Å²) >= 11 is 2.41. The minimum atomic E-state index is -0.305. The van der Waals surface area contributed by atoms with Crippen molar-refractivity contribution >= 4 is 37.7 Å². The second-order valence-electron chi connectivity index (χ2n) is 11.5. The number of hydrogen-bond donors (Lipinski definition) is 1. The standard InChI is InChI=1S/C22H45INO2P/c1-16(14-19(5,6)23)17(25)24-20(7,8)15-22(11,27)21(9,10)26-13-12-18(2,3)4/h16H,12-15,27H2,1-11H3,(H,24,25). The number of hydrogen-bond acceptors (Lipinski definition) is 2. The Balaban J connectivity index is 4.94. The Labute approximate surface area is 185 Å². The molecule has 0 saturated heterocycles. The summed E-state index contributed by atoms with van der Waals surface area (Å²) in [5.74, 6) is 0.139. The minimum absolute atomic E-state index is 0.00276. The van der Waals surface area contributed by atoms with Crippen LogP contribution >= 0.6 is 31.8 Å². The van der Waals surface area contributed by atoms with Gasteiger partial charge in [0.25, 0.3) is 0 Å². The molecule has 0 heterocycles. The smallest absolute Gasteiger partial charge is 0.223 e. The normalized spacial score (nSPS) is 17.4. The lowest BCUT2D eigenvalue weighted by molar-refractivity contribution is -0.127. The number of carbonyl (C=O) groups excluding carboxylic acids is 1. The average molecular weight is 513 g/mol. The van der Waals surface area contributed by atoms with Crippen LogP contribution in [0.1, 0.15) is 95.4 Å². The maximum atomic E-state index is 12.7. The highest BCUT2D eigenvalue weighted by Gasteiger charge is 2.43. The molecule has 0 aliphatic heterocycles. The molecule has 3 unspecified atom stereocenters. The summed E-state index contributed by atoms with van der Waals surface area (Å²) in [5, 5.41) is 3.12. The zero-order valence-corrected chi connectivity index (χ0v) is 23.0. The van der Waals surface area contributed by atoms with Crippen molar-refractivity contribution in [2.24, 2.45) is 11.3 Å². The van der Waals surface area contributed by atoms with Crippen molar-refractivity contribution in [3.8, 4) is 0 Å². The van der Waals surface area contributed by atoms with Gasteiger partial charge >= 0.3 is 0 Å². The highest BCUT2D eigenvalue weighted by molar-refractivity contribution is 14.1. The number of carbonyl (C=O) groups is 1. The number of nitrogens with one attached hydrogen (secondary N) is 1. The second kappa shape index (κ2) is 9.60. The molecule has 1 amide bonds. The van der Waals surface area contributed by atoms with E-state index >= 15 is 0 Å². The van der Waals surface area contributed by atoms with Gasteiger partial charge in [0.2, 0.25) is 5.91 Å². The molecule has 162 valence electrons. The first kappa shape index (κ1) is 27.6. The quantitative estimate of drug-likeness (QED) is 0.209. The zero-order chi connectivity index (χ0) is 21.9. The largest absolute Gasteiger partial charge is 0.375 e. The van der Waals surface area contributed by atoms with E-state index in [0.717, 1.165) is 25.9 Å². The first-order chi connectivity index (χ1) is 11.7. The van der Waals surface area contributed by atoms with Crippen molar-refractivity contribution in [2.75, 3.05) is 6.61 Å². The highest BCUT2D eigenvalue weighted by atomic mass is 127. The van der Waals surface area contributed by atoms with Crippen LogP contribution < -0.4 is 5.32 Å². The van der Waals surface area contributed by atoms with Gasteiger partial charge in [0.05, 0.1) is 5.60 Å². The predicted molar refractivity (Wildman–Crippen MR) is 131 cm³/mol. The molecule has 0 aliphatic rings. The van der Waals surface area contributed by atoms with Gasteiger partial charge in [0, 0.05) is 26.6 Å². The van der Waals surface area contributed by atoms with Crippen LogP contribution in [0.2, 0.25) is 0 Å². The third-order valence-corrected chi connectivity index (χ3v) is 6.54. The zero-order valence-electron chi connectivity index (χ0n) is 19.7. The third kappa shape index (κ3) is 11.4. The Morgan fingerprint density at radius 2 is 1.52 bits per heavy atom. The maximum Gasteiger partial charge on any atom is 0.223 e. The van der Waals surface area contributed by atoms with Crippen LogP contribution in [0.25, 0.3) is 0 Å². The van der Waals surface area contributed by atoms with Crippen LogP contribution in [0.4, 0.5) is 0 Å². The molecule has 1 N–H and O–H groups in total. The van der Waals surface area contributed by atoms with E-state index in [9.17, 15) is 4.79 Å². The summed E-state index contributed by atoms with van der Waals surface area (Å²) in [6, 6.07) is 0. The lowest BCUT2D eigenvalue weighted by atomic mass is 9.80. The Kier molecular flexibility index (Phi) is 9.81. The van der Waals surface area contributed by atoms with E-state index < -0.39 is 0 Å². The molecule has 0 fully saturated rings. The van der Waals surface area contributed by atoms with E-state index in [2.05, 4.69) is 106 Å². The van der Waals surface area contributed by atoms with Gasteiger partial charge in [-0.1, -0.05) is 71.1 Å². The molecule has 27 heavy (non-hydrogen) atoms. The molecule has 5 heteroatoms. The predicted octanol–water partition coefficient (Wildman–Crippen LogP) is 6.38. The molecule has 0 bridgehead atoms. The Hall–Kier alpha value is 0.590. The summed E-state index contributed by atoms with van der Waals surface area (Å²) < 4.78 is 6.42. The monoisotopic (exact) mass is 513 g/mol. The minimum Gasteiger partial charge on any atom is -0.375 e. The first-order valence-corrected chi connectivity index (χ1v) is 11.8. The fourth-order valence-corrected chi connectivity index (χ4v) is 4.48. The van der Waals surface area contributed by atoms with Gasteiger partial charge in [-0.05, 0) is 52.4 Å². The average Bonchev–Trinajstić information content (AvgIpc) is 2.31. The van der Waals surface area contributed by atoms with Crippen LogP contribution in [0.3, 0.4) is 0 Å². The highest BCUT2D eigenvalue weighted by Crippen LogP contribution is 2.41. The molecule has 0 rings (SSSR count). The van der Waals surface area contributed by atoms with Crippen molar-refractivity contribution in [3.63, 3.8) is 0 Å². The number of amides is 1. The summed E-state index contributed by atoms with van der Waals surface area (Å²) in [6.07, 6.45) is 2.72. The molecule has 0 aliphatic carbocycles. The van der Waals surface area contributed by atoms with Crippen molar-refractivity contribution in [1.82, 2.24) is 5.32 Å². The van der Waals surface area contributed by atoms with E-state index in [1.54, 1.807) is 0 Å². The third-order valence-electron chi connectivity index (χ3n) is 5.20. The fourth-order valence-electron chi connectivity index (χ4n) is 3.23. The molecule has 0 aromatic carbocycles. The molecular formula is C22H45INO2P. The van der Waals surface area contributed by atoms with Crippen LogP contribution in [0, 0.1) is 11.3 Å². The molecule has 3 atom stereocenters. The van der Waals surface area contributed by atoms with Gasteiger partial charge in [-0.2, -0.15) is 0 Å². The van der Waals surface area contributed by atoms with Crippen molar-refractivity contribution in [3.05, 3.63) is 0 Å². The molecule has 0 aromatic heterocycles. The molecule has 0 aromatic rings. The van der Waals surface area contributed by atoms with Crippen LogP contribution in [0.5, 0.6) is 0 Å².